The number of aliphatic hydroxyl groups is 1. The lowest BCUT2D eigenvalue weighted by molar-refractivity contribution is -0.121. The van der Waals surface area contributed by atoms with Gasteiger partial charge in [-0.1, -0.05) is 41.4 Å². The monoisotopic (exact) mass is 339 g/mol. The number of halogens is 2. The molecule has 6 heteroatoms. The zero-order valence-corrected chi connectivity index (χ0v) is 13.2. The highest BCUT2D eigenvalue weighted by Crippen LogP contribution is 2.31. The van der Waals surface area contributed by atoms with Gasteiger partial charge in [-0.05, 0) is 17.7 Å². The summed E-state index contributed by atoms with van der Waals surface area (Å²) >= 11 is 12.2. The largest absolute Gasteiger partial charge is 0.487 e. The van der Waals surface area contributed by atoms with Crippen molar-refractivity contribution in [3.05, 3.63) is 57.6 Å². The van der Waals surface area contributed by atoms with E-state index in [0.717, 1.165) is 5.56 Å². The van der Waals surface area contributed by atoms with E-state index in [2.05, 4.69) is 0 Å². The Morgan fingerprint density at radius 1 is 1.14 bits per heavy atom. The molecule has 0 heterocycles. The fourth-order valence-electron chi connectivity index (χ4n) is 1.91. The summed E-state index contributed by atoms with van der Waals surface area (Å²) in [4.78, 5) is 11.3. The zero-order chi connectivity index (χ0) is 16.1. The third-order valence-electron chi connectivity index (χ3n) is 3.10. The van der Waals surface area contributed by atoms with Crippen LogP contribution in [-0.2, 0) is 17.8 Å². The van der Waals surface area contributed by atoms with E-state index in [4.69, 9.17) is 38.8 Å². The number of rotatable bonds is 6. The number of anilines is 1. The number of hydrogen-bond acceptors (Lipinski definition) is 4. The van der Waals surface area contributed by atoms with Crippen molar-refractivity contribution in [2.45, 2.75) is 13.0 Å². The Morgan fingerprint density at radius 2 is 1.86 bits per heavy atom. The second-order valence-corrected chi connectivity index (χ2v) is 5.55. The molecule has 0 saturated carbocycles. The van der Waals surface area contributed by atoms with Crippen LogP contribution in [0.25, 0.3) is 0 Å². The summed E-state index contributed by atoms with van der Waals surface area (Å²) in [5, 5.41) is 9.74. The van der Waals surface area contributed by atoms with Gasteiger partial charge in [-0.3, -0.25) is 4.79 Å². The number of nitrogens with two attached hydrogens (primary N) is 1. The van der Waals surface area contributed by atoms with Gasteiger partial charge in [0.05, 0.1) is 5.02 Å². The van der Waals surface area contributed by atoms with Gasteiger partial charge in [0.2, 0.25) is 0 Å². The molecule has 116 valence electrons. The normalized spacial score (nSPS) is 10.5. The fourth-order valence-corrected chi connectivity index (χ4v) is 2.34. The minimum atomic E-state index is -0.526. The predicted molar refractivity (Wildman–Crippen MR) is 87.4 cm³/mol. The van der Waals surface area contributed by atoms with Gasteiger partial charge >= 0.3 is 0 Å². The number of Topliss-reactive ketones (excluding diaryl/α,β-unsaturated/α-hetero) is 1. The Labute approximate surface area is 138 Å². The molecule has 0 aliphatic carbocycles. The molecule has 0 aliphatic rings. The number of hydrogen-bond donors (Lipinski definition) is 2. The molecule has 22 heavy (non-hydrogen) atoms. The van der Waals surface area contributed by atoms with Crippen LogP contribution in [0.5, 0.6) is 5.75 Å². The zero-order valence-electron chi connectivity index (χ0n) is 11.7. The van der Waals surface area contributed by atoms with E-state index in [-0.39, 0.29) is 18.8 Å². The summed E-state index contributed by atoms with van der Waals surface area (Å²) in [5.74, 6) is 0.0896. The SMILES string of the molecule is Nc1cc(OCc2ccccc2Cl)c(Cl)cc1CC(=O)CO. The first-order valence-electron chi connectivity index (χ1n) is 6.58. The molecular formula is C16H15Cl2NO3. The van der Waals surface area contributed by atoms with Crippen LogP contribution >= 0.6 is 23.2 Å². The minimum Gasteiger partial charge on any atom is -0.487 e. The lowest BCUT2D eigenvalue weighted by Gasteiger charge is -2.12. The van der Waals surface area contributed by atoms with E-state index in [1.807, 2.05) is 18.2 Å². The number of carbonyl (C=O) groups is 1. The molecule has 3 N–H and O–H groups in total. The second kappa shape index (κ2) is 7.49. The molecule has 0 aliphatic heterocycles. The molecule has 0 saturated heterocycles. The Balaban J connectivity index is 2.14. The van der Waals surface area contributed by atoms with E-state index in [0.29, 0.717) is 27.0 Å². The lowest BCUT2D eigenvalue weighted by Crippen LogP contribution is -2.09. The van der Waals surface area contributed by atoms with E-state index in [1.54, 1.807) is 18.2 Å². The molecule has 2 aromatic rings. The summed E-state index contributed by atoms with van der Waals surface area (Å²) in [7, 11) is 0. The van der Waals surface area contributed by atoms with Crippen LogP contribution in [-0.4, -0.2) is 17.5 Å². The molecule has 0 unspecified atom stereocenters. The van der Waals surface area contributed by atoms with Crippen LogP contribution < -0.4 is 10.5 Å². The van der Waals surface area contributed by atoms with Crippen LogP contribution in [0.15, 0.2) is 36.4 Å². The maximum Gasteiger partial charge on any atom is 0.162 e. The summed E-state index contributed by atoms with van der Waals surface area (Å²) in [5.41, 5.74) is 7.68. The van der Waals surface area contributed by atoms with Crippen molar-refractivity contribution < 1.29 is 14.6 Å². The molecule has 0 radical (unpaired) electrons. The number of nitrogen functional groups attached to an aromatic ring is 1. The first kappa shape index (κ1) is 16.6. The summed E-state index contributed by atoms with van der Waals surface area (Å²) in [6, 6.07) is 10.5. The number of aliphatic hydroxyl groups excluding tert-OH is 1. The maximum absolute atomic E-state index is 11.3. The van der Waals surface area contributed by atoms with Crippen molar-refractivity contribution in [3.8, 4) is 5.75 Å². The predicted octanol–water partition coefficient (Wildman–Crippen LogP) is 3.26. The van der Waals surface area contributed by atoms with E-state index in [9.17, 15) is 4.79 Å². The van der Waals surface area contributed by atoms with Gasteiger partial charge < -0.3 is 15.6 Å². The smallest absolute Gasteiger partial charge is 0.162 e. The number of carbonyl (C=O) groups excluding carboxylic acids is 1. The van der Waals surface area contributed by atoms with E-state index >= 15 is 0 Å². The Bertz CT molecular complexity index is 689. The summed E-state index contributed by atoms with van der Waals surface area (Å²) in [6.07, 6.45) is 0.0346. The van der Waals surface area contributed by atoms with E-state index in [1.165, 1.54) is 0 Å². The summed E-state index contributed by atoms with van der Waals surface area (Å²) < 4.78 is 5.64. The standard InChI is InChI=1S/C16H15Cl2NO3/c17-13-4-2-1-3-10(13)9-22-16-7-15(19)11(6-14(16)18)5-12(21)8-20/h1-4,6-7,20H,5,8-9,19H2. The van der Waals surface area contributed by atoms with Gasteiger partial charge in [0.25, 0.3) is 0 Å². The molecule has 0 amide bonds. The molecule has 0 atom stereocenters. The van der Waals surface area contributed by atoms with Gasteiger partial charge in [0.15, 0.2) is 5.78 Å². The van der Waals surface area contributed by atoms with Crippen molar-refractivity contribution in [3.63, 3.8) is 0 Å². The van der Waals surface area contributed by atoms with Gasteiger partial charge in [-0.15, -0.1) is 0 Å². The Morgan fingerprint density at radius 3 is 2.55 bits per heavy atom. The highest BCUT2D eigenvalue weighted by atomic mass is 35.5. The number of ketones is 1. The third-order valence-corrected chi connectivity index (χ3v) is 3.76. The average Bonchev–Trinajstić information content (AvgIpc) is 2.50. The maximum atomic E-state index is 11.3. The number of benzene rings is 2. The van der Waals surface area contributed by atoms with Gasteiger partial charge in [0.1, 0.15) is 19.0 Å². The molecule has 0 fully saturated rings. The van der Waals surface area contributed by atoms with Crippen LogP contribution in [0.1, 0.15) is 11.1 Å². The molecule has 0 spiro atoms. The third kappa shape index (κ3) is 4.13. The number of ether oxygens (including phenoxy) is 1. The van der Waals surface area contributed by atoms with Gasteiger partial charge in [-0.25, -0.2) is 0 Å². The topological polar surface area (TPSA) is 72.5 Å². The molecular weight excluding hydrogens is 325 g/mol. The lowest BCUT2D eigenvalue weighted by atomic mass is 10.1. The van der Waals surface area contributed by atoms with Crippen molar-refractivity contribution in [1.29, 1.82) is 0 Å². The quantitative estimate of drug-likeness (QED) is 0.792. The first-order valence-corrected chi connectivity index (χ1v) is 7.33. The van der Waals surface area contributed by atoms with Crippen molar-refractivity contribution >= 4 is 34.7 Å². The van der Waals surface area contributed by atoms with Crippen LogP contribution in [0.3, 0.4) is 0 Å². The molecule has 0 aromatic heterocycles. The average molecular weight is 340 g/mol. The highest BCUT2D eigenvalue weighted by Gasteiger charge is 2.11. The Hall–Kier alpha value is -1.75. The van der Waals surface area contributed by atoms with Crippen LogP contribution in [0, 0.1) is 0 Å². The van der Waals surface area contributed by atoms with Crippen LogP contribution in [0.4, 0.5) is 5.69 Å². The van der Waals surface area contributed by atoms with Crippen molar-refractivity contribution in [1.82, 2.24) is 0 Å². The first-order chi connectivity index (χ1) is 10.5. The van der Waals surface area contributed by atoms with Crippen molar-refractivity contribution in [2.75, 3.05) is 12.3 Å². The van der Waals surface area contributed by atoms with E-state index < -0.39 is 6.61 Å². The molecule has 2 aromatic carbocycles. The van der Waals surface area contributed by atoms with Crippen LogP contribution in [0.2, 0.25) is 10.0 Å². The molecule has 2 rings (SSSR count). The van der Waals surface area contributed by atoms with Gasteiger partial charge in [0, 0.05) is 28.8 Å². The van der Waals surface area contributed by atoms with Gasteiger partial charge in [-0.2, -0.15) is 0 Å². The second-order valence-electron chi connectivity index (χ2n) is 4.74. The molecule has 4 nitrogen and oxygen atoms in total. The minimum absolute atomic E-state index is 0.0346. The van der Waals surface area contributed by atoms with Crippen molar-refractivity contribution in [2.24, 2.45) is 0 Å². The molecule has 0 bridgehead atoms. The highest BCUT2D eigenvalue weighted by molar-refractivity contribution is 6.32. The summed E-state index contributed by atoms with van der Waals surface area (Å²) in [6.45, 7) is -0.268. The Kier molecular flexibility index (Phi) is 5.66. The fraction of sp³-hybridized carbons (Fsp3) is 0.188.